The topological polar surface area (TPSA) is 29.3 Å². The molecule has 0 amide bonds. The van der Waals surface area contributed by atoms with Crippen LogP contribution in [0, 0.1) is 19.8 Å². The summed E-state index contributed by atoms with van der Waals surface area (Å²) in [6, 6.07) is 0.611. The Kier molecular flexibility index (Phi) is 4.13. The number of nitrogens with zero attached hydrogens (tertiary/aromatic N) is 2. The largest absolute Gasteiger partial charge is 0.308 e. The fourth-order valence-electron chi connectivity index (χ4n) is 3.38. The summed E-state index contributed by atoms with van der Waals surface area (Å²) >= 11 is 1.77. The van der Waals surface area contributed by atoms with Crippen LogP contribution in [0.4, 0.5) is 0 Å². The molecule has 3 rings (SSSR count). The maximum Gasteiger partial charge on any atom is 0.194 e. The number of hydrogen-bond acceptors (Lipinski definition) is 3. The minimum Gasteiger partial charge on any atom is -0.308 e. The zero-order valence-corrected chi connectivity index (χ0v) is 13.6. The van der Waals surface area contributed by atoms with E-state index in [0.29, 0.717) is 6.04 Å². The first-order valence-electron chi connectivity index (χ1n) is 7.82. The van der Waals surface area contributed by atoms with Gasteiger partial charge in [0.25, 0.3) is 0 Å². The van der Waals surface area contributed by atoms with Crippen LogP contribution in [0.5, 0.6) is 0 Å². The lowest BCUT2D eigenvalue weighted by Crippen LogP contribution is -2.34. The summed E-state index contributed by atoms with van der Waals surface area (Å²) in [6.07, 6.45) is 9.26. The Hall–Kier alpha value is -0.870. The van der Waals surface area contributed by atoms with Gasteiger partial charge in [-0.1, -0.05) is 19.3 Å². The minimum atomic E-state index is 0.611. The number of hydrogen-bond donors (Lipinski definition) is 1. The number of thiazole rings is 1. The van der Waals surface area contributed by atoms with Gasteiger partial charge in [-0.25, -0.2) is 4.98 Å². The standard InChI is InChI=1S/C16H25N3S/c1-11-10-19-15(13(3)18-16(19)20-11)9-17-12(2)14-7-5-4-6-8-14/h10,12,14,17H,4-9H2,1-3H3/t12-/m0/s1. The number of aromatic nitrogens is 2. The zero-order chi connectivity index (χ0) is 14.1. The molecule has 1 aliphatic carbocycles. The van der Waals surface area contributed by atoms with Gasteiger partial charge < -0.3 is 5.32 Å². The number of nitrogens with one attached hydrogen (secondary N) is 1. The summed E-state index contributed by atoms with van der Waals surface area (Å²) in [5.41, 5.74) is 2.49. The highest BCUT2D eigenvalue weighted by atomic mass is 32.1. The Morgan fingerprint density at radius 3 is 2.85 bits per heavy atom. The maximum absolute atomic E-state index is 4.67. The van der Waals surface area contributed by atoms with Crippen molar-refractivity contribution in [2.45, 2.75) is 65.5 Å². The van der Waals surface area contributed by atoms with Gasteiger partial charge in [0.05, 0.1) is 11.4 Å². The van der Waals surface area contributed by atoms with E-state index in [1.807, 2.05) is 0 Å². The van der Waals surface area contributed by atoms with E-state index in [1.54, 1.807) is 11.3 Å². The van der Waals surface area contributed by atoms with Crippen molar-refractivity contribution in [3.05, 3.63) is 22.5 Å². The highest BCUT2D eigenvalue weighted by Crippen LogP contribution is 2.27. The highest BCUT2D eigenvalue weighted by Gasteiger charge is 2.20. The third-order valence-corrected chi connectivity index (χ3v) is 5.59. The van der Waals surface area contributed by atoms with Crippen LogP contribution < -0.4 is 5.32 Å². The highest BCUT2D eigenvalue weighted by molar-refractivity contribution is 7.17. The van der Waals surface area contributed by atoms with Crippen molar-refractivity contribution in [3.63, 3.8) is 0 Å². The van der Waals surface area contributed by atoms with Crippen molar-refractivity contribution < 1.29 is 0 Å². The second-order valence-corrected chi connectivity index (χ2v) is 7.42. The number of fused-ring (bicyclic) bond motifs is 1. The van der Waals surface area contributed by atoms with E-state index in [2.05, 4.69) is 41.7 Å². The van der Waals surface area contributed by atoms with Gasteiger partial charge in [0.2, 0.25) is 0 Å². The molecule has 20 heavy (non-hydrogen) atoms. The molecule has 1 saturated carbocycles. The normalized spacial score (nSPS) is 18.8. The third-order valence-electron chi connectivity index (χ3n) is 4.69. The summed E-state index contributed by atoms with van der Waals surface area (Å²) in [6.45, 7) is 7.55. The van der Waals surface area contributed by atoms with Crippen LogP contribution in [0.25, 0.3) is 4.96 Å². The molecule has 0 saturated heterocycles. The van der Waals surface area contributed by atoms with Gasteiger partial charge in [-0.2, -0.15) is 0 Å². The van der Waals surface area contributed by atoms with Crippen molar-refractivity contribution in [3.8, 4) is 0 Å². The van der Waals surface area contributed by atoms with Crippen LogP contribution in [-0.4, -0.2) is 15.4 Å². The van der Waals surface area contributed by atoms with Gasteiger partial charge in [-0.05, 0) is 39.5 Å². The summed E-state index contributed by atoms with van der Waals surface area (Å²) in [4.78, 5) is 7.12. The third kappa shape index (κ3) is 2.77. The molecule has 1 aliphatic rings. The monoisotopic (exact) mass is 291 g/mol. The Morgan fingerprint density at radius 2 is 2.10 bits per heavy atom. The SMILES string of the molecule is Cc1cn2c(CN[C@@H](C)C3CCCCC3)c(C)nc2s1. The summed E-state index contributed by atoms with van der Waals surface area (Å²) in [5.74, 6) is 0.858. The average Bonchev–Trinajstić information content (AvgIpc) is 2.92. The van der Waals surface area contributed by atoms with Gasteiger partial charge >= 0.3 is 0 Å². The second kappa shape index (κ2) is 5.86. The predicted octanol–water partition coefficient (Wildman–Crippen LogP) is 4.07. The molecule has 0 aromatic carbocycles. The van der Waals surface area contributed by atoms with Crippen molar-refractivity contribution in [1.82, 2.24) is 14.7 Å². The molecule has 1 N–H and O–H groups in total. The molecule has 0 unspecified atom stereocenters. The van der Waals surface area contributed by atoms with Gasteiger partial charge in [0, 0.05) is 23.7 Å². The molecule has 0 bridgehead atoms. The molecule has 0 radical (unpaired) electrons. The quantitative estimate of drug-likeness (QED) is 0.920. The Bertz CT molecular complexity index is 578. The molecule has 2 aromatic rings. The van der Waals surface area contributed by atoms with Crippen LogP contribution >= 0.6 is 11.3 Å². The first-order valence-corrected chi connectivity index (χ1v) is 8.64. The van der Waals surface area contributed by atoms with Gasteiger partial charge in [-0.3, -0.25) is 4.40 Å². The van der Waals surface area contributed by atoms with Crippen molar-refractivity contribution in [1.29, 1.82) is 0 Å². The van der Waals surface area contributed by atoms with Crippen LogP contribution in [0.2, 0.25) is 0 Å². The first kappa shape index (κ1) is 14.1. The summed E-state index contributed by atoms with van der Waals surface area (Å²) in [5, 5.41) is 3.74. The van der Waals surface area contributed by atoms with Gasteiger partial charge in [-0.15, -0.1) is 11.3 Å². The molecular weight excluding hydrogens is 266 g/mol. The van der Waals surface area contributed by atoms with Crippen molar-refractivity contribution >= 4 is 16.3 Å². The first-order chi connectivity index (χ1) is 9.65. The molecule has 1 fully saturated rings. The van der Waals surface area contributed by atoms with E-state index < -0.39 is 0 Å². The molecule has 2 aromatic heterocycles. The van der Waals surface area contributed by atoms with E-state index in [-0.39, 0.29) is 0 Å². The van der Waals surface area contributed by atoms with E-state index in [1.165, 1.54) is 48.4 Å². The molecule has 110 valence electrons. The molecule has 2 heterocycles. The predicted molar refractivity (Wildman–Crippen MR) is 85.4 cm³/mol. The minimum absolute atomic E-state index is 0.611. The molecule has 0 spiro atoms. The molecule has 3 nitrogen and oxygen atoms in total. The number of imidazole rings is 1. The van der Waals surface area contributed by atoms with Crippen LogP contribution in [-0.2, 0) is 6.54 Å². The lowest BCUT2D eigenvalue weighted by atomic mass is 9.84. The van der Waals surface area contributed by atoms with Gasteiger partial charge in [0.15, 0.2) is 4.96 Å². The molecule has 1 atom stereocenters. The number of rotatable bonds is 4. The fraction of sp³-hybridized carbons (Fsp3) is 0.688. The fourth-order valence-corrected chi connectivity index (χ4v) is 4.27. The number of aryl methyl sites for hydroxylation is 2. The van der Waals surface area contributed by atoms with E-state index in [9.17, 15) is 0 Å². The molecular formula is C16H25N3S. The van der Waals surface area contributed by atoms with Crippen molar-refractivity contribution in [2.24, 2.45) is 5.92 Å². The van der Waals surface area contributed by atoms with Crippen LogP contribution in [0.1, 0.15) is 55.3 Å². The Balaban J connectivity index is 1.68. The van der Waals surface area contributed by atoms with Crippen LogP contribution in [0.3, 0.4) is 0 Å². The maximum atomic E-state index is 4.67. The Morgan fingerprint density at radius 1 is 1.35 bits per heavy atom. The summed E-state index contributed by atoms with van der Waals surface area (Å²) < 4.78 is 2.26. The lowest BCUT2D eigenvalue weighted by Gasteiger charge is -2.28. The average molecular weight is 291 g/mol. The lowest BCUT2D eigenvalue weighted by molar-refractivity contribution is 0.280. The Labute approximate surface area is 125 Å². The summed E-state index contributed by atoms with van der Waals surface area (Å²) in [7, 11) is 0. The van der Waals surface area contributed by atoms with Crippen molar-refractivity contribution in [2.75, 3.05) is 0 Å². The zero-order valence-electron chi connectivity index (χ0n) is 12.8. The van der Waals surface area contributed by atoms with Crippen LogP contribution in [0.15, 0.2) is 6.20 Å². The van der Waals surface area contributed by atoms with Gasteiger partial charge in [0.1, 0.15) is 0 Å². The molecule has 4 heteroatoms. The van der Waals surface area contributed by atoms with E-state index in [4.69, 9.17) is 0 Å². The molecule has 0 aliphatic heterocycles. The second-order valence-electron chi connectivity index (χ2n) is 6.21. The smallest absolute Gasteiger partial charge is 0.194 e. The van der Waals surface area contributed by atoms with E-state index in [0.717, 1.165) is 17.4 Å². The van der Waals surface area contributed by atoms with E-state index >= 15 is 0 Å².